The molecule has 0 saturated heterocycles. The van der Waals surface area contributed by atoms with Gasteiger partial charge in [0, 0.05) is 9.17 Å². The molecule has 0 N–H and O–H groups in total. The predicted octanol–water partition coefficient (Wildman–Crippen LogP) is 6.76. The second kappa shape index (κ2) is 5.63. The maximum Gasteiger partial charge on any atom is 0.0661 e. The first kappa shape index (κ1) is 14.3. The Balaban J connectivity index is 2.15. The maximum absolute atomic E-state index is 3.90. The highest BCUT2D eigenvalue weighted by Crippen LogP contribution is 2.41. The third kappa shape index (κ3) is 2.47. The van der Waals surface area contributed by atoms with Crippen LogP contribution in [0.25, 0.3) is 10.1 Å². The van der Waals surface area contributed by atoms with Crippen molar-refractivity contribution in [3.63, 3.8) is 0 Å². The van der Waals surface area contributed by atoms with E-state index in [0.717, 1.165) is 0 Å². The highest BCUT2D eigenvalue weighted by molar-refractivity contribution is 9.10. The van der Waals surface area contributed by atoms with Crippen LogP contribution in [-0.2, 0) is 0 Å². The van der Waals surface area contributed by atoms with Gasteiger partial charge in [-0.2, -0.15) is 0 Å². The summed E-state index contributed by atoms with van der Waals surface area (Å²) in [5.41, 5.74) is 5.33. The molecule has 20 heavy (non-hydrogen) atoms. The lowest BCUT2D eigenvalue weighted by atomic mass is 9.98. The summed E-state index contributed by atoms with van der Waals surface area (Å²) in [6.45, 7) is 4.32. The summed E-state index contributed by atoms with van der Waals surface area (Å²) in [5, 5.41) is 3.59. The van der Waals surface area contributed by atoms with Crippen molar-refractivity contribution in [3.05, 3.63) is 68.5 Å². The lowest BCUT2D eigenvalue weighted by Gasteiger charge is -2.14. The largest absolute Gasteiger partial charge is 0.142 e. The van der Waals surface area contributed by atoms with Crippen molar-refractivity contribution in [2.24, 2.45) is 0 Å². The Hall–Kier alpha value is -0.640. The molecule has 2 aromatic carbocycles. The Labute approximate surface area is 140 Å². The van der Waals surface area contributed by atoms with Gasteiger partial charge in [0.15, 0.2) is 0 Å². The number of hydrogen-bond acceptors (Lipinski definition) is 1. The van der Waals surface area contributed by atoms with Gasteiger partial charge < -0.3 is 0 Å². The van der Waals surface area contributed by atoms with Crippen molar-refractivity contribution >= 4 is 53.3 Å². The molecule has 3 aromatic rings. The average Bonchev–Trinajstić information content (AvgIpc) is 2.86. The second-order valence-corrected chi connectivity index (χ2v) is 7.68. The first-order valence-electron chi connectivity index (χ1n) is 6.45. The van der Waals surface area contributed by atoms with Crippen LogP contribution in [0.2, 0.25) is 0 Å². The Morgan fingerprint density at radius 1 is 1.05 bits per heavy atom. The molecular formula is C17H14Br2S. The minimum absolute atomic E-state index is 0.241. The molecule has 102 valence electrons. The number of aryl methyl sites for hydroxylation is 2. The molecule has 1 heterocycles. The van der Waals surface area contributed by atoms with E-state index in [1.165, 1.54) is 36.8 Å². The molecule has 0 amide bonds. The molecule has 3 rings (SSSR count). The Kier molecular flexibility index (Phi) is 4.02. The molecule has 1 unspecified atom stereocenters. The van der Waals surface area contributed by atoms with E-state index in [-0.39, 0.29) is 4.83 Å². The summed E-state index contributed by atoms with van der Waals surface area (Å²) >= 11 is 9.33. The van der Waals surface area contributed by atoms with Crippen LogP contribution < -0.4 is 0 Å². The average molecular weight is 410 g/mol. The SMILES string of the molecule is Cc1ccc(C)c(C(Br)c2csc3c(Br)cccc23)c1. The summed E-state index contributed by atoms with van der Waals surface area (Å²) in [7, 11) is 0. The smallest absolute Gasteiger partial charge is 0.0661 e. The van der Waals surface area contributed by atoms with E-state index in [4.69, 9.17) is 0 Å². The van der Waals surface area contributed by atoms with E-state index in [2.05, 4.69) is 87.5 Å². The van der Waals surface area contributed by atoms with E-state index in [1.54, 1.807) is 11.3 Å². The fraction of sp³-hybridized carbons (Fsp3) is 0.176. The maximum atomic E-state index is 3.90. The number of alkyl halides is 1. The van der Waals surface area contributed by atoms with Crippen LogP contribution in [0.1, 0.15) is 27.1 Å². The zero-order valence-electron chi connectivity index (χ0n) is 11.3. The van der Waals surface area contributed by atoms with E-state index in [9.17, 15) is 0 Å². The van der Waals surface area contributed by atoms with Gasteiger partial charge in [0.1, 0.15) is 0 Å². The van der Waals surface area contributed by atoms with Crippen molar-refractivity contribution in [1.29, 1.82) is 0 Å². The molecule has 0 bridgehead atoms. The quantitative estimate of drug-likeness (QED) is 0.410. The van der Waals surface area contributed by atoms with Gasteiger partial charge in [-0.25, -0.2) is 0 Å². The third-order valence-corrected chi connectivity index (χ3v) is 6.52. The lowest BCUT2D eigenvalue weighted by Crippen LogP contribution is -1.95. The van der Waals surface area contributed by atoms with Crippen molar-refractivity contribution in [1.82, 2.24) is 0 Å². The van der Waals surface area contributed by atoms with Crippen LogP contribution in [0.5, 0.6) is 0 Å². The lowest BCUT2D eigenvalue weighted by molar-refractivity contribution is 1.15. The molecule has 0 radical (unpaired) electrons. The Morgan fingerprint density at radius 3 is 2.65 bits per heavy atom. The summed E-state index contributed by atoms with van der Waals surface area (Å²) in [4.78, 5) is 0.241. The van der Waals surface area contributed by atoms with Gasteiger partial charge in [-0.3, -0.25) is 0 Å². The summed E-state index contributed by atoms with van der Waals surface area (Å²) in [6, 6.07) is 13.0. The van der Waals surface area contributed by atoms with Gasteiger partial charge in [-0.15, -0.1) is 11.3 Å². The van der Waals surface area contributed by atoms with Crippen molar-refractivity contribution in [2.45, 2.75) is 18.7 Å². The molecule has 1 atom stereocenters. The van der Waals surface area contributed by atoms with E-state index in [1.807, 2.05) is 0 Å². The number of rotatable bonds is 2. The van der Waals surface area contributed by atoms with Gasteiger partial charge in [-0.1, -0.05) is 51.8 Å². The predicted molar refractivity (Wildman–Crippen MR) is 96.2 cm³/mol. The molecule has 0 aliphatic carbocycles. The molecule has 0 fully saturated rings. The van der Waals surface area contributed by atoms with Crippen molar-refractivity contribution in [2.75, 3.05) is 0 Å². The van der Waals surface area contributed by atoms with Crippen LogP contribution >= 0.6 is 43.2 Å². The first-order chi connectivity index (χ1) is 9.58. The summed E-state index contributed by atoms with van der Waals surface area (Å²) in [5.74, 6) is 0. The van der Waals surface area contributed by atoms with Crippen LogP contribution in [0.4, 0.5) is 0 Å². The summed E-state index contributed by atoms with van der Waals surface area (Å²) < 4.78 is 2.49. The molecule has 0 aliphatic rings. The molecule has 0 aliphatic heterocycles. The fourth-order valence-corrected chi connectivity index (χ4v) is 5.13. The second-order valence-electron chi connectivity index (χ2n) is 5.03. The Morgan fingerprint density at radius 2 is 1.85 bits per heavy atom. The fourth-order valence-electron chi connectivity index (χ4n) is 2.44. The van der Waals surface area contributed by atoms with Crippen LogP contribution in [-0.4, -0.2) is 0 Å². The topological polar surface area (TPSA) is 0 Å². The van der Waals surface area contributed by atoms with Crippen molar-refractivity contribution in [3.8, 4) is 0 Å². The van der Waals surface area contributed by atoms with Gasteiger partial charge in [0.25, 0.3) is 0 Å². The minimum Gasteiger partial charge on any atom is -0.142 e. The van der Waals surface area contributed by atoms with E-state index in [0.29, 0.717) is 0 Å². The Bertz CT molecular complexity index is 774. The molecule has 0 saturated carbocycles. The summed E-state index contributed by atoms with van der Waals surface area (Å²) in [6.07, 6.45) is 0. The van der Waals surface area contributed by atoms with Gasteiger partial charge in [0.05, 0.1) is 4.83 Å². The normalized spacial score (nSPS) is 12.8. The van der Waals surface area contributed by atoms with Crippen LogP contribution in [0.3, 0.4) is 0 Å². The minimum atomic E-state index is 0.241. The van der Waals surface area contributed by atoms with Crippen molar-refractivity contribution < 1.29 is 0 Å². The number of halogens is 2. The van der Waals surface area contributed by atoms with Crippen LogP contribution in [0, 0.1) is 13.8 Å². The zero-order valence-corrected chi connectivity index (χ0v) is 15.3. The molecule has 0 spiro atoms. The highest BCUT2D eigenvalue weighted by atomic mass is 79.9. The molecule has 3 heteroatoms. The number of thiophene rings is 1. The van der Waals surface area contributed by atoms with Crippen LogP contribution in [0.15, 0.2) is 46.3 Å². The van der Waals surface area contributed by atoms with E-state index >= 15 is 0 Å². The van der Waals surface area contributed by atoms with E-state index < -0.39 is 0 Å². The van der Waals surface area contributed by atoms with Gasteiger partial charge in [-0.05, 0) is 63.3 Å². The number of benzene rings is 2. The van der Waals surface area contributed by atoms with Gasteiger partial charge in [0.2, 0.25) is 0 Å². The first-order valence-corrected chi connectivity index (χ1v) is 9.03. The molecular weight excluding hydrogens is 396 g/mol. The highest BCUT2D eigenvalue weighted by Gasteiger charge is 2.17. The molecule has 1 aromatic heterocycles. The number of fused-ring (bicyclic) bond motifs is 1. The zero-order chi connectivity index (χ0) is 14.3. The third-order valence-electron chi connectivity index (χ3n) is 3.56. The van der Waals surface area contributed by atoms with Gasteiger partial charge >= 0.3 is 0 Å². The monoisotopic (exact) mass is 408 g/mol. The molecule has 0 nitrogen and oxygen atoms in total. The number of hydrogen-bond donors (Lipinski definition) is 0. The standard InChI is InChI=1S/C17H14Br2S/c1-10-6-7-11(2)13(8-10)16(19)14-9-20-17-12(14)4-3-5-15(17)18/h3-9,16H,1-2H3.